The van der Waals surface area contributed by atoms with Crippen molar-refractivity contribution in [1.82, 2.24) is 5.32 Å². The van der Waals surface area contributed by atoms with E-state index in [0.717, 1.165) is 24.3 Å². The van der Waals surface area contributed by atoms with Crippen LogP contribution in [0.2, 0.25) is 0 Å². The van der Waals surface area contributed by atoms with Gasteiger partial charge in [0.25, 0.3) is 0 Å². The van der Waals surface area contributed by atoms with Crippen molar-refractivity contribution in [2.75, 3.05) is 18.6 Å². The molecule has 2 nitrogen and oxygen atoms in total. The molecule has 1 N–H and O–H groups in total. The fourth-order valence-electron chi connectivity index (χ4n) is 1.47. The Labute approximate surface area is 97.7 Å². The van der Waals surface area contributed by atoms with Crippen LogP contribution in [0.4, 0.5) is 0 Å². The Morgan fingerprint density at radius 3 is 2.27 bits per heavy atom. The van der Waals surface area contributed by atoms with Crippen LogP contribution in [0, 0.1) is 0 Å². The first-order valence-corrected chi connectivity index (χ1v) is 7.71. The molecular weight excluding hydrogens is 206 g/mol. The molecule has 0 saturated carbocycles. The summed E-state index contributed by atoms with van der Waals surface area (Å²) in [6, 6.07) is 0.596. The molecule has 0 aromatic rings. The molecule has 0 bridgehead atoms. The van der Waals surface area contributed by atoms with E-state index in [1.165, 1.54) is 25.7 Å². The normalized spacial score (nSPS) is 15.1. The molecule has 0 saturated heterocycles. The summed E-state index contributed by atoms with van der Waals surface area (Å²) in [4.78, 5) is 0. The third-order valence-electron chi connectivity index (χ3n) is 2.73. The molecule has 0 rings (SSSR count). The highest BCUT2D eigenvalue weighted by molar-refractivity contribution is 7.84. The highest BCUT2D eigenvalue weighted by atomic mass is 32.2. The lowest BCUT2D eigenvalue weighted by Gasteiger charge is -2.08. The summed E-state index contributed by atoms with van der Waals surface area (Å²) in [6.07, 6.45) is 7.09. The quantitative estimate of drug-likeness (QED) is 0.588. The smallest absolute Gasteiger partial charge is 0.0234 e. The minimum Gasteiger partial charge on any atom is -0.317 e. The molecule has 0 fully saturated rings. The van der Waals surface area contributed by atoms with Crippen LogP contribution in [0.3, 0.4) is 0 Å². The van der Waals surface area contributed by atoms with Crippen molar-refractivity contribution in [2.45, 2.75) is 58.4 Å². The summed E-state index contributed by atoms with van der Waals surface area (Å²) in [5.74, 6) is 1.82. The van der Waals surface area contributed by atoms with Crippen molar-refractivity contribution in [3.63, 3.8) is 0 Å². The fourth-order valence-corrected chi connectivity index (χ4v) is 2.73. The van der Waals surface area contributed by atoms with Crippen LogP contribution in [0.5, 0.6) is 0 Å². The van der Waals surface area contributed by atoms with Gasteiger partial charge in [-0.15, -0.1) is 0 Å². The van der Waals surface area contributed by atoms with E-state index >= 15 is 0 Å². The molecule has 2 atom stereocenters. The highest BCUT2D eigenvalue weighted by Gasteiger charge is 2.01. The van der Waals surface area contributed by atoms with Gasteiger partial charge in [0.05, 0.1) is 0 Å². The van der Waals surface area contributed by atoms with Gasteiger partial charge in [0, 0.05) is 28.3 Å². The van der Waals surface area contributed by atoms with Gasteiger partial charge in [0.2, 0.25) is 0 Å². The third-order valence-corrected chi connectivity index (χ3v) is 4.22. The van der Waals surface area contributed by atoms with Gasteiger partial charge in [0.1, 0.15) is 0 Å². The van der Waals surface area contributed by atoms with Crippen molar-refractivity contribution >= 4 is 10.8 Å². The first-order chi connectivity index (χ1) is 7.20. The summed E-state index contributed by atoms with van der Waals surface area (Å²) >= 11 is 0. The summed E-state index contributed by atoms with van der Waals surface area (Å²) in [7, 11) is 1.44. The number of hydrogen-bond acceptors (Lipinski definition) is 2. The summed E-state index contributed by atoms with van der Waals surface area (Å²) in [5.41, 5.74) is 0. The van der Waals surface area contributed by atoms with Gasteiger partial charge in [-0.05, 0) is 33.2 Å². The predicted octanol–water partition coefficient (Wildman–Crippen LogP) is 2.70. The minimum atomic E-state index is -0.559. The topological polar surface area (TPSA) is 29.1 Å². The van der Waals surface area contributed by atoms with Crippen LogP contribution < -0.4 is 5.32 Å². The second kappa shape index (κ2) is 10.6. The van der Waals surface area contributed by atoms with Crippen molar-refractivity contribution in [3.8, 4) is 0 Å². The van der Waals surface area contributed by atoms with Gasteiger partial charge >= 0.3 is 0 Å². The van der Waals surface area contributed by atoms with E-state index < -0.39 is 10.8 Å². The molecule has 0 aromatic heterocycles. The van der Waals surface area contributed by atoms with E-state index in [9.17, 15) is 4.21 Å². The maximum atomic E-state index is 11.5. The van der Waals surface area contributed by atoms with E-state index in [2.05, 4.69) is 19.2 Å². The Hall–Kier alpha value is 0.110. The average Bonchev–Trinajstić information content (AvgIpc) is 2.24. The molecule has 0 aliphatic rings. The van der Waals surface area contributed by atoms with E-state index in [0.29, 0.717) is 6.04 Å². The van der Waals surface area contributed by atoms with E-state index in [1.54, 1.807) is 0 Å². The van der Waals surface area contributed by atoms with Gasteiger partial charge in [-0.25, -0.2) is 0 Å². The Bertz CT molecular complexity index is 162. The maximum Gasteiger partial charge on any atom is 0.0234 e. The van der Waals surface area contributed by atoms with Crippen LogP contribution >= 0.6 is 0 Å². The Morgan fingerprint density at radius 1 is 1.13 bits per heavy atom. The molecule has 0 heterocycles. The molecule has 3 heteroatoms. The largest absolute Gasteiger partial charge is 0.317 e. The minimum absolute atomic E-state index is 0.559. The van der Waals surface area contributed by atoms with Crippen molar-refractivity contribution in [3.05, 3.63) is 0 Å². The van der Waals surface area contributed by atoms with Gasteiger partial charge in [-0.3, -0.25) is 4.21 Å². The number of unbranched alkanes of at least 4 members (excludes halogenated alkanes) is 3. The molecule has 0 radical (unpaired) electrons. The second-order valence-corrected chi connectivity index (χ2v) is 5.94. The van der Waals surface area contributed by atoms with Crippen molar-refractivity contribution < 1.29 is 4.21 Å². The average molecular weight is 233 g/mol. The Balaban J connectivity index is 3.23. The maximum absolute atomic E-state index is 11.5. The lowest BCUT2D eigenvalue weighted by atomic mass is 10.1. The predicted molar refractivity (Wildman–Crippen MR) is 69.8 cm³/mol. The Morgan fingerprint density at radius 2 is 1.73 bits per heavy atom. The van der Waals surface area contributed by atoms with E-state index in [4.69, 9.17) is 0 Å². The molecule has 0 aromatic carbocycles. The standard InChI is InChI=1S/C12H27NOS/c1-4-5-7-10-15(14)11-8-6-9-12(2)13-3/h12-13H,4-11H2,1-3H3. The first-order valence-electron chi connectivity index (χ1n) is 6.23. The zero-order chi connectivity index (χ0) is 11.5. The number of nitrogens with one attached hydrogen (secondary N) is 1. The first kappa shape index (κ1) is 15.1. The van der Waals surface area contributed by atoms with Crippen LogP contribution in [-0.4, -0.2) is 28.8 Å². The van der Waals surface area contributed by atoms with Crippen molar-refractivity contribution in [2.24, 2.45) is 0 Å². The van der Waals surface area contributed by atoms with Gasteiger partial charge in [0.15, 0.2) is 0 Å². The summed E-state index contributed by atoms with van der Waals surface area (Å²) in [5, 5.41) is 3.22. The molecule has 2 unspecified atom stereocenters. The molecule has 92 valence electrons. The van der Waals surface area contributed by atoms with E-state index in [1.807, 2.05) is 7.05 Å². The van der Waals surface area contributed by atoms with Gasteiger partial charge in [-0.1, -0.05) is 26.2 Å². The number of hydrogen-bond donors (Lipinski definition) is 1. The third kappa shape index (κ3) is 10.4. The Kier molecular flexibility index (Phi) is 10.7. The molecule has 15 heavy (non-hydrogen) atoms. The van der Waals surface area contributed by atoms with Crippen molar-refractivity contribution in [1.29, 1.82) is 0 Å². The molecule has 0 spiro atoms. The van der Waals surface area contributed by atoms with Gasteiger partial charge in [-0.2, -0.15) is 0 Å². The highest BCUT2D eigenvalue weighted by Crippen LogP contribution is 2.03. The monoisotopic (exact) mass is 233 g/mol. The van der Waals surface area contributed by atoms with Crippen LogP contribution in [0.15, 0.2) is 0 Å². The summed E-state index contributed by atoms with van der Waals surface area (Å²) in [6.45, 7) is 4.38. The van der Waals surface area contributed by atoms with E-state index in [-0.39, 0.29) is 0 Å². The van der Waals surface area contributed by atoms with Crippen LogP contribution in [-0.2, 0) is 10.8 Å². The molecule has 0 amide bonds. The number of rotatable bonds is 10. The van der Waals surface area contributed by atoms with Crippen LogP contribution in [0.1, 0.15) is 52.4 Å². The molecule has 0 aliphatic heterocycles. The fraction of sp³-hybridized carbons (Fsp3) is 1.00. The lowest BCUT2D eigenvalue weighted by Crippen LogP contribution is -2.20. The zero-order valence-electron chi connectivity index (χ0n) is 10.6. The van der Waals surface area contributed by atoms with Crippen LogP contribution in [0.25, 0.3) is 0 Å². The summed E-state index contributed by atoms with van der Waals surface area (Å²) < 4.78 is 11.5. The van der Waals surface area contributed by atoms with Gasteiger partial charge < -0.3 is 5.32 Å². The lowest BCUT2D eigenvalue weighted by molar-refractivity contribution is 0.537. The molecule has 0 aliphatic carbocycles. The molecular formula is C12H27NOS. The SMILES string of the molecule is CCCCCS(=O)CCCCC(C)NC. The second-order valence-electron chi connectivity index (χ2n) is 4.24. The zero-order valence-corrected chi connectivity index (χ0v) is 11.4.